The standard InChI is InChI=1S/C30H25ClN8O4/c1-43-30(42)33-23-11-7-20(8-12-23)24-17-26(35-36-29(24)41)25(15-19-5-3-2-4-6-19)34-28(40)14-9-21-16-22(31)10-13-27(21)39-18-32-37-38-39/h2-14,16-18,25H,15H2,1H3,(H,33,42)(H,34,40)(H,36,41)/t25-/m0/s1. The predicted molar refractivity (Wildman–Crippen MR) is 161 cm³/mol. The van der Waals surface area contributed by atoms with Crippen molar-refractivity contribution in [3.63, 3.8) is 0 Å². The maximum absolute atomic E-state index is 13.2. The second-order valence-electron chi connectivity index (χ2n) is 9.27. The van der Waals surface area contributed by atoms with Gasteiger partial charge in [-0.25, -0.2) is 9.89 Å². The molecule has 0 spiro atoms. The summed E-state index contributed by atoms with van der Waals surface area (Å²) in [5.74, 6) is -0.392. The monoisotopic (exact) mass is 596 g/mol. The Labute approximate surface area is 250 Å². The summed E-state index contributed by atoms with van der Waals surface area (Å²) in [7, 11) is 1.27. The summed E-state index contributed by atoms with van der Waals surface area (Å²) in [6, 6.07) is 22.5. The largest absolute Gasteiger partial charge is 0.453 e. The van der Waals surface area contributed by atoms with Crippen LogP contribution in [-0.4, -0.2) is 49.5 Å². The van der Waals surface area contributed by atoms with Crippen LogP contribution < -0.4 is 16.2 Å². The molecule has 5 rings (SSSR count). The van der Waals surface area contributed by atoms with E-state index in [1.807, 2.05) is 30.3 Å². The summed E-state index contributed by atoms with van der Waals surface area (Å²) in [5, 5.41) is 24.1. The van der Waals surface area contributed by atoms with Gasteiger partial charge in [0.2, 0.25) is 5.91 Å². The summed E-state index contributed by atoms with van der Waals surface area (Å²) < 4.78 is 6.08. The number of methoxy groups -OCH3 is 1. The van der Waals surface area contributed by atoms with E-state index in [4.69, 9.17) is 11.6 Å². The van der Waals surface area contributed by atoms with Crippen LogP contribution in [0.1, 0.15) is 22.9 Å². The molecule has 2 heterocycles. The number of carbonyl (C=O) groups excluding carboxylic acids is 2. The van der Waals surface area contributed by atoms with Gasteiger partial charge in [0.25, 0.3) is 5.56 Å². The van der Waals surface area contributed by atoms with Crippen LogP contribution in [0, 0.1) is 0 Å². The number of hydrogen-bond donors (Lipinski definition) is 3. The molecule has 12 nitrogen and oxygen atoms in total. The first-order valence-corrected chi connectivity index (χ1v) is 13.4. The molecule has 0 unspecified atom stereocenters. The molecule has 0 saturated carbocycles. The first kappa shape index (κ1) is 28.9. The minimum atomic E-state index is -0.604. The molecule has 2 aromatic heterocycles. The zero-order valence-corrected chi connectivity index (χ0v) is 23.5. The van der Waals surface area contributed by atoms with Gasteiger partial charge in [-0.05, 0) is 70.4 Å². The smallest absolute Gasteiger partial charge is 0.411 e. The summed E-state index contributed by atoms with van der Waals surface area (Å²) in [6.45, 7) is 0. The molecule has 5 aromatic rings. The van der Waals surface area contributed by atoms with Crippen LogP contribution in [0.15, 0.2) is 96.1 Å². The molecule has 0 saturated heterocycles. The molecule has 3 N–H and O–H groups in total. The van der Waals surface area contributed by atoms with Crippen molar-refractivity contribution in [1.29, 1.82) is 0 Å². The van der Waals surface area contributed by atoms with Gasteiger partial charge in [-0.3, -0.25) is 14.9 Å². The number of halogens is 1. The molecular weight excluding hydrogens is 572 g/mol. The van der Waals surface area contributed by atoms with E-state index in [2.05, 4.69) is 41.1 Å². The van der Waals surface area contributed by atoms with Gasteiger partial charge in [-0.2, -0.15) is 9.78 Å². The molecule has 2 amide bonds. The minimum Gasteiger partial charge on any atom is -0.453 e. The third-order valence-electron chi connectivity index (χ3n) is 6.41. The molecule has 0 radical (unpaired) electrons. The summed E-state index contributed by atoms with van der Waals surface area (Å²) >= 11 is 6.21. The Hall–Kier alpha value is -5.62. The van der Waals surface area contributed by atoms with E-state index in [0.29, 0.717) is 45.2 Å². The van der Waals surface area contributed by atoms with Crippen molar-refractivity contribution in [2.24, 2.45) is 0 Å². The Kier molecular flexibility index (Phi) is 8.98. The molecule has 0 aliphatic heterocycles. The number of aromatic amines is 1. The van der Waals surface area contributed by atoms with Crippen molar-refractivity contribution in [2.45, 2.75) is 12.5 Å². The van der Waals surface area contributed by atoms with Crippen LogP contribution in [0.25, 0.3) is 22.9 Å². The summed E-state index contributed by atoms with van der Waals surface area (Å²) in [4.78, 5) is 37.5. The highest BCUT2D eigenvalue weighted by Gasteiger charge is 2.19. The molecule has 0 aliphatic carbocycles. The van der Waals surface area contributed by atoms with Crippen molar-refractivity contribution < 1.29 is 14.3 Å². The third kappa shape index (κ3) is 7.37. The summed E-state index contributed by atoms with van der Waals surface area (Å²) in [6.07, 6.45) is 4.25. The topological polar surface area (TPSA) is 157 Å². The highest BCUT2D eigenvalue weighted by molar-refractivity contribution is 6.30. The number of nitrogens with zero attached hydrogens (tertiary/aromatic N) is 5. The number of anilines is 1. The number of rotatable bonds is 9. The normalized spacial score (nSPS) is 11.7. The lowest BCUT2D eigenvalue weighted by Gasteiger charge is -2.18. The first-order valence-electron chi connectivity index (χ1n) is 13.0. The minimum absolute atomic E-state index is 0.350. The Balaban J connectivity index is 1.42. The molecule has 13 heteroatoms. The zero-order valence-electron chi connectivity index (χ0n) is 22.8. The maximum Gasteiger partial charge on any atom is 0.411 e. The Morgan fingerprint density at radius 1 is 1.07 bits per heavy atom. The van der Waals surface area contributed by atoms with Crippen molar-refractivity contribution in [3.05, 3.63) is 123 Å². The fraction of sp³-hybridized carbons (Fsp3) is 0.100. The van der Waals surface area contributed by atoms with Gasteiger partial charge in [0.1, 0.15) is 6.33 Å². The number of carbonyl (C=O) groups is 2. The Morgan fingerprint density at radius 3 is 2.58 bits per heavy atom. The zero-order chi connectivity index (χ0) is 30.2. The van der Waals surface area contributed by atoms with Gasteiger partial charge in [-0.1, -0.05) is 54.1 Å². The van der Waals surface area contributed by atoms with Crippen molar-refractivity contribution in [3.8, 4) is 16.8 Å². The lowest BCUT2D eigenvalue weighted by molar-refractivity contribution is -0.117. The van der Waals surface area contributed by atoms with Gasteiger partial charge < -0.3 is 10.1 Å². The van der Waals surface area contributed by atoms with Crippen LogP contribution in [0.2, 0.25) is 5.02 Å². The van der Waals surface area contributed by atoms with Crippen LogP contribution in [-0.2, 0) is 16.0 Å². The van der Waals surface area contributed by atoms with E-state index < -0.39 is 23.6 Å². The molecule has 0 bridgehead atoms. The number of H-pyrrole nitrogens is 1. The molecule has 0 aliphatic rings. The van der Waals surface area contributed by atoms with E-state index in [0.717, 1.165) is 5.56 Å². The Morgan fingerprint density at radius 2 is 1.86 bits per heavy atom. The molecular formula is C30H25ClN8O4. The molecule has 3 aromatic carbocycles. The van der Waals surface area contributed by atoms with Gasteiger partial charge in [0.05, 0.1) is 30.1 Å². The lowest BCUT2D eigenvalue weighted by atomic mass is 10.00. The number of amides is 2. The van der Waals surface area contributed by atoms with Crippen molar-refractivity contribution in [2.75, 3.05) is 12.4 Å². The van der Waals surface area contributed by atoms with Gasteiger partial charge in [0, 0.05) is 22.3 Å². The van der Waals surface area contributed by atoms with E-state index in [1.54, 1.807) is 54.6 Å². The van der Waals surface area contributed by atoms with E-state index >= 15 is 0 Å². The third-order valence-corrected chi connectivity index (χ3v) is 6.64. The van der Waals surface area contributed by atoms with Crippen LogP contribution in [0.4, 0.5) is 10.5 Å². The summed E-state index contributed by atoms with van der Waals surface area (Å²) in [5.41, 5.74) is 3.73. The number of hydrogen-bond acceptors (Lipinski definition) is 8. The molecule has 1 atom stereocenters. The number of ether oxygens (including phenoxy) is 1. The highest BCUT2D eigenvalue weighted by Crippen LogP contribution is 2.24. The van der Waals surface area contributed by atoms with E-state index in [-0.39, 0.29) is 0 Å². The second kappa shape index (κ2) is 13.4. The fourth-order valence-electron chi connectivity index (χ4n) is 4.32. The van der Waals surface area contributed by atoms with Crippen LogP contribution >= 0.6 is 11.6 Å². The van der Waals surface area contributed by atoms with Crippen LogP contribution in [0.5, 0.6) is 0 Å². The number of tetrazole rings is 1. The molecule has 0 fully saturated rings. The van der Waals surface area contributed by atoms with Crippen molar-refractivity contribution in [1.82, 2.24) is 35.7 Å². The average Bonchev–Trinajstić information content (AvgIpc) is 3.56. The highest BCUT2D eigenvalue weighted by atomic mass is 35.5. The second-order valence-corrected chi connectivity index (χ2v) is 9.71. The molecule has 216 valence electrons. The lowest BCUT2D eigenvalue weighted by Crippen LogP contribution is -2.30. The van der Waals surface area contributed by atoms with Crippen LogP contribution in [0.3, 0.4) is 0 Å². The number of benzene rings is 3. The van der Waals surface area contributed by atoms with Gasteiger partial charge in [0.15, 0.2) is 0 Å². The molecule has 43 heavy (non-hydrogen) atoms. The number of nitrogens with one attached hydrogen (secondary N) is 3. The predicted octanol–water partition coefficient (Wildman–Crippen LogP) is 4.36. The van der Waals surface area contributed by atoms with Gasteiger partial charge in [-0.15, -0.1) is 5.10 Å². The maximum atomic E-state index is 13.2. The van der Waals surface area contributed by atoms with E-state index in [9.17, 15) is 14.4 Å². The quantitative estimate of drug-likeness (QED) is 0.212. The number of aromatic nitrogens is 6. The van der Waals surface area contributed by atoms with E-state index in [1.165, 1.54) is 24.2 Å². The van der Waals surface area contributed by atoms with Crippen molar-refractivity contribution >= 4 is 35.4 Å². The SMILES string of the molecule is COC(=O)Nc1ccc(-c2cc([C@H](Cc3ccccc3)NC(=O)C=Cc3cc(Cl)ccc3-n3cnnn3)n[nH]c2=O)cc1. The Bertz CT molecular complexity index is 1810. The fourth-order valence-corrected chi connectivity index (χ4v) is 4.50. The van der Waals surface area contributed by atoms with Gasteiger partial charge >= 0.3 is 6.09 Å². The first-order chi connectivity index (χ1) is 20.9. The average molecular weight is 597 g/mol.